The van der Waals surface area contributed by atoms with Crippen molar-refractivity contribution in [2.45, 2.75) is 38.1 Å². The van der Waals surface area contributed by atoms with Crippen LogP contribution in [-0.4, -0.2) is 17.3 Å². The maximum atomic E-state index is 13.1. The minimum absolute atomic E-state index is 0.0426. The minimum atomic E-state index is -0.518. The first-order valence-corrected chi connectivity index (χ1v) is 6.37. The molecule has 4 heteroatoms. The van der Waals surface area contributed by atoms with Crippen molar-refractivity contribution in [3.63, 3.8) is 0 Å². The van der Waals surface area contributed by atoms with Gasteiger partial charge in [0.15, 0.2) is 0 Å². The SMILES string of the molecule is CC(C)(N)C(C)(CCO)c1ccc(F)cc1Br. The van der Waals surface area contributed by atoms with E-state index in [-0.39, 0.29) is 12.4 Å². The van der Waals surface area contributed by atoms with Gasteiger partial charge in [0, 0.05) is 22.0 Å². The molecule has 0 bridgehead atoms. The van der Waals surface area contributed by atoms with E-state index in [2.05, 4.69) is 15.9 Å². The molecule has 0 heterocycles. The van der Waals surface area contributed by atoms with Crippen molar-refractivity contribution >= 4 is 15.9 Å². The van der Waals surface area contributed by atoms with E-state index < -0.39 is 11.0 Å². The molecule has 3 N–H and O–H groups in total. The Bertz CT molecular complexity index is 403. The van der Waals surface area contributed by atoms with Gasteiger partial charge < -0.3 is 10.8 Å². The van der Waals surface area contributed by atoms with Gasteiger partial charge >= 0.3 is 0 Å². The molecular weight excluding hydrogens is 285 g/mol. The largest absolute Gasteiger partial charge is 0.396 e. The lowest BCUT2D eigenvalue weighted by atomic mass is 9.67. The summed E-state index contributed by atoms with van der Waals surface area (Å²) in [6.45, 7) is 5.86. The van der Waals surface area contributed by atoms with Crippen molar-refractivity contribution in [2.24, 2.45) is 5.73 Å². The quantitative estimate of drug-likeness (QED) is 0.898. The van der Waals surface area contributed by atoms with Crippen LogP contribution in [0.1, 0.15) is 32.8 Å². The Morgan fingerprint density at radius 3 is 2.35 bits per heavy atom. The molecule has 0 radical (unpaired) electrons. The highest BCUT2D eigenvalue weighted by molar-refractivity contribution is 9.10. The van der Waals surface area contributed by atoms with E-state index in [0.29, 0.717) is 10.9 Å². The summed E-state index contributed by atoms with van der Waals surface area (Å²) in [5.41, 5.74) is 6.19. The fourth-order valence-electron chi connectivity index (χ4n) is 1.96. The summed E-state index contributed by atoms with van der Waals surface area (Å²) in [5, 5.41) is 9.23. The van der Waals surface area contributed by atoms with Gasteiger partial charge in [0.05, 0.1) is 0 Å². The lowest BCUT2D eigenvalue weighted by molar-refractivity contribution is 0.190. The summed E-state index contributed by atoms with van der Waals surface area (Å²) < 4.78 is 13.8. The van der Waals surface area contributed by atoms with Gasteiger partial charge in [-0.15, -0.1) is 0 Å². The molecule has 1 aromatic rings. The van der Waals surface area contributed by atoms with E-state index in [1.807, 2.05) is 20.8 Å². The standard InChI is InChI=1S/C13H19BrFNO/c1-12(2,16)13(3,6-7-17)10-5-4-9(15)8-11(10)14/h4-5,8,17H,6-7,16H2,1-3H3. The summed E-state index contributed by atoms with van der Waals surface area (Å²) in [6, 6.07) is 4.57. The molecule has 2 nitrogen and oxygen atoms in total. The van der Waals surface area contributed by atoms with Crippen LogP contribution in [0, 0.1) is 5.82 Å². The Morgan fingerprint density at radius 2 is 1.94 bits per heavy atom. The second kappa shape index (κ2) is 5.04. The van der Waals surface area contributed by atoms with Crippen molar-refractivity contribution in [1.29, 1.82) is 0 Å². The molecule has 0 aliphatic carbocycles. The molecule has 0 spiro atoms. The van der Waals surface area contributed by atoms with Gasteiger partial charge in [0.1, 0.15) is 5.82 Å². The average molecular weight is 304 g/mol. The second-order valence-electron chi connectivity index (χ2n) is 5.15. The number of halogens is 2. The maximum absolute atomic E-state index is 13.1. The summed E-state index contributed by atoms with van der Waals surface area (Å²) in [4.78, 5) is 0. The van der Waals surface area contributed by atoms with Crippen LogP contribution in [0.25, 0.3) is 0 Å². The Labute approximate surface area is 110 Å². The number of aliphatic hydroxyl groups excluding tert-OH is 1. The van der Waals surface area contributed by atoms with Crippen molar-refractivity contribution in [3.8, 4) is 0 Å². The van der Waals surface area contributed by atoms with Gasteiger partial charge in [-0.25, -0.2) is 4.39 Å². The predicted molar refractivity (Wildman–Crippen MR) is 71.4 cm³/mol. The highest BCUT2D eigenvalue weighted by Crippen LogP contribution is 2.40. The Kier molecular flexibility index (Phi) is 4.33. The molecule has 0 aromatic heterocycles. The average Bonchev–Trinajstić information content (AvgIpc) is 2.15. The van der Waals surface area contributed by atoms with Crippen molar-refractivity contribution < 1.29 is 9.50 Å². The van der Waals surface area contributed by atoms with Crippen LogP contribution in [0.2, 0.25) is 0 Å². The zero-order valence-corrected chi connectivity index (χ0v) is 12.0. The minimum Gasteiger partial charge on any atom is -0.396 e. The molecular formula is C13H19BrFNO. The number of rotatable bonds is 4. The van der Waals surface area contributed by atoms with Crippen LogP contribution in [0.5, 0.6) is 0 Å². The highest BCUT2D eigenvalue weighted by Gasteiger charge is 2.40. The molecule has 0 aliphatic rings. The molecule has 1 aromatic carbocycles. The van der Waals surface area contributed by atoms with Crippen molar-refractivity contribution in [3.05, 3.63) is 34.1 Å². The second-order valence-corrected chi connectivity index (χ2v) is 6.01. The summed E-state index contributed by atoms with van der Waals surface area (Å²) in [5.74, 6) is -0.290. The van der Waals surface area contributed by atoms with E-state index in [4.69, 9.17) is 5.73 Å². The molecule has 1 atom stereocenters. The molecule has 0 aliphatic heterocycles. The third kappa shape index (κ3) is 2.87. The predicted octanol–water partition coefficient (Wildman–Crippen LogP) is 2.97. The van der Waals surface area contributed by atoms with Gasteiger partial charge in [-0.3, -0.25) is 0 Å². The van der Waals surface area contributed by atoms with Crippen LogP contribution >= 0.6 is 15.9 Å². The number of hydrogen-bond donors (Lipinski definition) is 2. The third-order valence-corrected chi connectivity index (χ3v) is 4.22. The van der Waals surface area contributed by atoms with Crippen molar-refractivity contribution in [1.82, 2.24) is 0 Å². The third-order valence-electron chi connectivity index (χ3n) is 3.56. The van der Waals surface area contributed by atoms with Crippen LogP contribution in [0.15, 0.2) is 22.7 Å². The number of nitrogens with two attached hydrogens (primary N) is 1. The smallest absolute Gasteiger partial charge is 0.124 e. The Morgan fingerprint density at radius 1 is 1.35 bits per heavy atom. The highest BCUT2D eigenvalue weighted by atomic mass is 79.9. The fourth-order valence-corrected chi connectivity index (χ4v) is 2.75. The van der Waals surface area contributed by atoms with E-state index in [9.17, 15) is 9.50 Å². The first kappa shape index (κ1) is 14.6. The van der Waals surface area contributed by atoms with Gasteiger partial charge in [-0.1, -0.05) is 28.9 Å². The molecule has 0 saturated carbocycles. The maximum Gasteiger partial charge on any atom is 0.124 e. The molecule has 17 heavy (non-hydrogen) atoms. The lowest BCUT2D eigenvalue weighted by Gasteiger charge is -2.42. The van der Waals surface area contributed by atoms with E-state index in [1.54, 1.807) is 6.07 Å². The zero-order chi connectivity index (χ0) is 13.3. The van der Waals surface area contributed by atoms with Crippen LogP contribution in [0.4, 0.5) is 4.39 Å². The van der Waals surface area contributed by atoms with Gasteiger partial charge in [0.25, 0.3) is 0 Å². The Hall–Kier alpha value is -0.450. The number of benzene rings is 1. The lowest BCUT2D eigenvalue weighted by Crippen LogP contribution is -2.52. The first-order chi connectivity index (χ1) is 7.72. The molecule has 0 amide bonds. The monoisotopic (exact) mass is 303 g/mol. The molecule has 0 saturated heterocycles. The Balaban J connectivity index is 3.32. The first-order valence-electron chi connectivity index (χ1n) is 5.57. The van der Waals surface area contributed by atoms with Gasteiger partial charge in [-0.05, 0) is 38.0 Å². The van der Waals surface area contributed by atoms with Crippen molar-refractivity contribution in [2.75, 3.05) is 6.61 Å². The number of hydrogen-bond acceptors (Lipinski definition) is 2. The van der Waals surface area contributed by atoms with Crippen LogP contribution in [0.3, 0.4) is 0 Å². The van der Waals surface area contributed by atoms with Gasteiger partial charge in [0.2, 0.25) is 0 Å². The summed E-state index contributed by atoms with van der Waals surface area (Å²) in [6.07, 6.45) is 0.529. The molecule has 96 valence electrons. The molecule has 1 unspecified atom stereocenters. The van der Waals surface area contributed by atoms with E-state index >= 15 is 0 Å². The normalized spacial score (nSPS) is 15.7. The van der Waals surface area contributed by atoms with E-state index in [1.165, 1.54) is 12.1 Å². The van der Waals surface area contributed by atoms with E-state index in [0.717, 1.165) is 5.56 Å². The van der Waals surface area contributed by atoms with Crippen LogP contribution in [-0.2, 0) is 5.41 Å². The zero-order valence-electron chi connectivity index (χ0n) is 10.4. The number of aliphatic hydroxyl groups is 1. The van der Waals surface area contributed by atoms with Gasteiger partial charge in [-0.2, -0.15) is 0 Å². The summed E-state index contributed by atoms with van der Waals surface area (Å²) >= 11 is 3.37. The molecule has 1 rings (SSSR count). The summed E-state index contributed by atoms with van der Waals surface area (Å²) in [7, 11) is 0. The van der Waals surface area contributed by atoms with Crippen LogP contribution < -0.4 is 5.73 Å². The topological polar surface area (TPSA) is 46.2 Å². The molecule has 0 fully saturated rings. The fraction of sp³-hybridized carbons (Fsp3) is 0.538.